The molecule has 4 heteroatoms. The molecule has 0 fully saturated rings. The Bertz CT molecular complexity index is 142. The molecule has 0 bridgehead atoms. The SMILES string of the molecule is CCCCCCC(CN)[Si](O)(O)CC. The third-order valence-electron chi connectivity index (χ3n) is 2.86. The second kappa shape index (κ2) is 7.40. The summed E-state index contributed by atoms with van der Waals surface area (Å²) in [6.45, 7) is 4.42. The third kappa shape index (κ3) is 5.10. The van der Waals surface area contributed by atoms with Gasteiger partial charge in [0.15, 0.2) is 0 Å². The quantitative estimate of drug-likeness (QED) is 0.430. The van der Waals surface area contributed by atoms with Crippen molar-refractivity contribution in [1.29, 1.82) is 0 Å². The topological polar surface area (TPSA) is 66.5 Å². The molecule has 4 N–H and O–H groups in total. The average molecular weight is 219 g/mol. The predicted octanol–water partition coefficient (Wildman–Crippen LogP) is 1.73. The van der Waals surface area contributed by atoms with Crippen molar-refractivity contribution in [2.24, 2.45) is 5.73 Å². The molecular weight excluding hydrogens is 194 g/mol. The molecule has 1 atom stereocenters. The van der Waals surface area contributed by atoms with Crippen LogP contribution in [0.1, 0.15) is 46.0 Å². The van der Waals surface area contributed by atoms with Crippen molar-refractivity contribution in [3.05, 3.63) is 0 Å². The van der Waals surface area contributed by atoms with E-state index in [-0.39, 0.29) is 5.54 Å². The van der Waals surface area contributed by atoms with Crippen molar-refractivity contribution in [1.82, 2.24) is 0 Å². The fraction of sp³-hybridized carbons (Fsp3) is 1.00. The molecule has 0 aliphatic carbocycles. The van der Waals surface area contributed by atoms with E-state index in [9.17, 15) is 9.59 Å². The van der Waals surface area contributed by atoms with Crippen molar-refractivity contribution < 1.29 is 9.59 Å². The Balaban J connectivity index is 3.79. The Kier molecular flexibility index (Phi) is 7.45. The number of hydrogen-bond donors (Lipinski definition) is 3. The van der Waals surface area contributed by atoms with Crippen LogP contribution in [0, 0.1) is 0 Å². The first-order valence-electron chi connectivity index (χ1n) is 5.73. The second-order valence-electron chi connectivity index (χ2n) is 4.01. The monoisotopic (exact) mass is 219 g/mol. The second-order valence-corrected chi connectivity index (χ2v) is 7.29. The summed E-state index contributed by atoms with van der Waals surface area (Å²) in [5.41, 5.74) is 5.53. The molecule has 86 valence electrons. The summed E-state index contributed by atoms with van der Waals surface area (Å²) in [4.78, 5) is 19.5. The van der Waals surface area contributed by atoms with Crippen LogP contribution >= 0.6 is 0 Å². The molecule has 0 spiro atoms. The zero-order valence-electron chi connectivity index (χ0n) is 9.50. The van der Waals surface area contributed by atoms with Gasteiger partial charge in [0.2, 0.25) is 0 Å². The number of nitrogens with two attached hydrogens (primary N) is 1. The molecule has 0 heterocycles. The van der Waals surface area contributed by atoms with Crippen LogP contribution < -0.4 is 5.73 Å². The van der Waals surface area contributed by atoms with Gasteiger partial charge < -0.3 is 15.3 Å². The van der Waals surface area contributed by atoms with Crippen molar-refractivity contribution in [3.63, 3.8) is 0 Å². The zero-order chi connectivity index (χ0) is 11.0. The summed E-state index contributed by atoms with van der Waals surface area (Å²) in [6, 6.07) is 0.489. The Labute approximate surface area is 88.6 Å². The normalized spacial score (nSPS) is 14.4. The number of rotatable bonds is 8. The highest BCUT2D eigenvalue weighted by atomic mass is 28.4. The minimum atomic E-state index is -2.99. The highest BCUT2D eigenvalue weighted by Gasteiger charge is 2.35. The molecule has 0 aliphatic rings. The summed E-state index contributed by atoms with van der Waals surface area (Å²) in [6.07, 6.45) is 5.58. The van der Waals surface area contributed by atoms with E-state index in [0.717, 1.165) is 12.8 Å². The van der Waals surface area contributed by atoms with Crippen LogP contribution in [0.2, 0.25) is 11.6 Å². The van der Waals surface area contributed by atoms with Gasteiger partial charge in [0.05, 0.1) is 0 Å². The maximum absolute atomic E-state index is 9.75. The Morgan fingerprint density at radius 1 is 1.14 bits per heavy atom. The minimum Gasteiger partial charge on any atom is -0.410 e. The van der Waals surface area contributed by atoms with Crippen molar-refractivity contribution in [3.8, 4) is 0 Å². The van der Waals surface area contributed by atoms with Gasteiger partial charge in [-0.3, -0.25) is 0 Å². The van der Waals surface area contributed by atoms with Crippen LogP contribution in [0.3, 0.4) is 0 Å². The van der Waals surface area contributed by atoms with Crippen LogP contribution in [0.15, 0.2) is 0 Å². The smallest absolute Gasteiger partial charge is 0.336 e. The molecule has 0 aromatic carbocycles. The van der Waals surface area contributed by atoms with Gasteiger partial charge >= 0.3 is 8.56 Å². The van der Waals surface area contributed by atoms with Gasteiger partial charge in [-0.25, -0.2) is 0 Å². The minimum absolute atomic E-state index is 0.0376. The summed E-state index contributed by atoms with van der Waals surface area (Å²) in [5, 5.41) is 0. The fourth-order valence-corrected chi connectivity index (χ4v) is 3.27. The molecule has 0 aromatic rings. The van der Waals surface area contributed by atoms with Crippen molar-refractivity contribution in [2.75, 3.05) is 6.54 Å². The van der Waals surface area contributed by atoms with E-state index in [0.29, 0.717) is 12.6 Å². The highest BCUT2D eigenvalue weighted by Crippen LogP contribution is 2.25. The van der Waals surface area contributed by atoms with Crippen LogP contribution in [0.25, 0.3) is 0 Å². The van der Waals surface area contributed by atoms with Gasteiger partial charge in [-0.2, -0.15) is 0 Å². The van der Waals surface area contributed by atoms with Crippen LogP contribution in [-0.2, 0) is 0 Å². The molecule has 0 rings (SSSR count). The molecule has 0 saturated heterocycles. The first-order chi connectivity index (χ1) is 6.58. The Morgan fingerprint density at radius 3 is 2.21 bits per heavy atom. The highest BCUT2D eigenvalue weighted by molar-refractivity contribution is 6.66. The van der Waals surface area contributed by atoms with Crippen LogP contribution in [0.5, 0.6) is 0 Å². The molecule has 1 unspecified atom stereocenters. The summed E-state index contributed by atoms with van der Waals surface area (Å²) in [5.74, 6) is 0. The molecule has 0 aliphatic heterocycles. The molecule has 0 amide bonds. The molecule has 0 saturated carbocycles. The Morgan fingerprint density at radius 2 is 1.79 bits per heavy atom. The standard InChI is InChI=1S/C10H25NO2Si/c1-3-5-6-7-8-10(9-11)14(12,13)4-2/h10,12-13H,3-9,11H2,1-2H3. The lowest BCUT2D eigenvalue weighted by Gasteiger charge is -2.25. The van der Waals surface area contributed by atoms with E-state index in [1.54, 1.807) is 0 Å². The van der Waals surface area contributed by atoms with Gasteiger partial charge in [-0.1, -0.05) is 39.5 Å². The fourth-order valence-electron chi connectivity index (χ4n) is 1.64. The van der Waals surface area contributed by atoms with E-state index in [1.807, 2.05) is 6.92 Å². The summed E-state index contributed by atoms with van der Waals surface area (Å²) >= 11 is 0. The van der Waals surface area contributed by atoms with Crippen LogP contribution in [0.4, 0.5) is 0 Å². The van der Waals surface area contributed by atoms with E-state index in [4.69, 9.17) is 5.73 Å². The molecular formula is C10H25NO2Si. The number of unbranched alkanes of at least 4 members (excludes halogenated alkanes) is 3. The lowest BCUT2D eigenvalue weighted by molar-refractivity contribution is 0.331. The largest absolute Gasteiger partial charge is 0.410 e. The summed E-state index contributed by atoms with van der Waals surface area (Å²) in [7, 11) is -2.99. The Hall–Kier alpha value is 0.0969. The first kappa shape index (κ1) is 14.1. The zero-order valence-corrected chi connectivity index (χ0v) is 10.5. The lowest BCUT2D eigenvalue weighted by Crippen LogP contribution is -2.43. The van der Waals surface area contributed by atoms with E-state index >= 15 is 0 Å². The van der Waals surface area contributed by atoms with Gasteiger partial charge in [0.1, 0.15) is 0 Å². The van der Waals surface area contributed by atoms with Gasteiger partial charge in [0, 0.05) is 5.54 Å². The maximum atomic E-state index is 9.75. The number of hydrogen-bond acceptors (Lipinski definition) is 3. The van der Waals surface area contributed by atoms with Gasteiger partial charge in [-0.15, -0.1) is 0 Å². The average Bonchev–Trinajstić information content (AvgIpc) is 2.17. The van der Waals surface area contributed by atoms with E-state index in [2.05, 4.69) is 6.92 Å². The van der Waals surface area contributed by atoms with Crippen molar-refractivity contribution >= 4 is 8.56 Å². The lowest BCUT2D eigenvalue weighted by atomic mass is 10.1. The van der Waals surface area contributed by atoms with Crippen molar-refractivity contribution in [2.45, 2.75) is 57.5 Å². The predicted molar refractivity (Wildman–Crippen MR) is 62.2 cm³/mol. The van der Waals surface area contributed by atoms with E-state index < -0.39 is 8.56 Å². The maximum Gasteiger partial charge on any atom is 0.336 e. The van der Waals surface area contributed by atoms with Gasteiger partial charge in [-0.05, 0) is 19.0 Å². The summed E-state index contributed by atoms with van der Waals surface area (Å²) < 4.78 is 0. The van der Waals surface area contributed by atoms with E-state index in [1.165, 1.54) is 19.3 Å². The van der Waals surface area contributed by atoms with Gasteiger partial charge in [0.25, 0.3) is 0 Å². The first-order valence-corrected chi connectivity index (χ1v) is 7.91. The third-order valence-corrected chi connectivity index (χ3v) is 5.74. The molecule has 14 heavy (non-hydrogen) atoms. The molecule has 0 radical (unpaired) electrons. The van der Waals surface area contributed by atoms with Crippen LogP contribution in [-0.4, -0.2) is 24.7 Å². The molecule has 3 nitrogen and oxygen atoms in total. The molecule has 0 aromatic heterocycles.